The number of methoxy groups -OCH3 is 2. The summed E-state index contributed by atoms with van der Waals surface area (Å²) in [6.45, 7) is 6.00. The number of thiazole rings is 1. The van der Waals surface area contributed by atoms with Crippen molar-refractivity contribution in [1.29, 1.82) is 0 Å². The molecule has 0 spiro atoms. The van der Waals surface area contributed by atoms with Gasteiger partial charge >= 0.3 is 5.97 Å². The second-order valence-corrected chi connectivity index (χ2v) is 11.3. The molecular weight excluding hydrogens is 626 g/mol. The second-order valence-electron chi connectivity index (χ2n) is 10.3. The van der Waals surface area contributed by atoms with Crippen molar-refractivity contribution in [2.45, 2.75) is 33.4 Å². The first-order chi connectivity index (χ1) is 22.7. The Hall–Kier alpha value is -5.43. The van der Waals surface area contributed by atoms with Crippen LogP contribution < -0.4 is 33.8 Å². The molecule has 4 aromatic rings. The van der Waals surface area contributed by atoms with Crippen molar-refractivity contribution in [3.8, 4) is 23.0 Å². The molecule has 2 heterocycles. The first-order valence-corrected chi connectivity index (χ1v) is 15.5. The zero-order chi connectivity index (χ0) is 33.7. The van der Waals surface area contributed by atoms with Gasteiger partial charge in [-0.25, -0.2) is 9.79 Å². The van der Waals surface area contributed by atoms with Crippen LogP contribution in [0.25, 0.3) is 6.08 Å². The van der Waals surface area contributed by atoms with Gasteiger partial charge in [-0.05, 0) is 79.9 Å². The van der Waals surface area contributed by atoms with E-state index in [0.717, 1.165) is 5.56 Å². The quantitative estimate of drug-likeness (QED) is 0.120. The summed E-state index contributed by atoms with van der Waals surface area (Å²) in [5.74, 6) is 1.34. The van der Waals surface area contributed by atoms with E-state index in [0.29, 0.717) is 55.8 Å². The molecule has 13 heteroatoms. The van der Waals surface area contributed by atoms with E-state index >= 15 is 0 Å². The van der Waals surface area contributed by atoms with E-state index in [2.05, 4.69) is 4.99 Å². The van der Waals surface area contributed by atoms with Crippen LogP contribution in [0.3, 0.4) is 0 Å². The molecule has 1 aliphatic rings. The lowest BCUT2D eigenvalue weighted by Crippen LogP contribution is -2.39. The summed E-state index contributed by atoms with van der Waals surface area (Å²) in [6.07, 6.45) is 1.74. The summed E-state index contributed by atoms with van der Waals surface area (Å²) in [4.78, 5) is 42.9. The second kappa shape index (κ2) is 14.3. The van der Waals surface area contributed by atoms with Gasteiger partial charge in [0, 0.05) is 12.1 Å². The maximum atomic E-state index is 14.1. The molecule has 244 valence electrons. The Kier molecular flexibility index (Phi) is 10.0. The Morgan fingerprint density at radius 1 is 0.957 bits per heavy atom. The highest BCUT2D eigenvalue weighted by molar-refractivity contribution is 7.07. The molecule has 0 saturated carbocycles. The Morgan fingerprint density at radius 2 is 1.68 bits per heavy atom. The minimum absolute atomic E-state index is 0.000659. The Morgan fingerprint density at radius 3 is 2.34 bits per heavy atom. The molecule has 0 fully saturated rings. The fourth-order valence-corrected chi connectivity index (χ4v) is 6.20. The first kappa shape index (κ1) is 32.9. The van der Waals surface area contributed by atoms with Crippen molar-refractivity contribution in [2.24, 2.45) is 4.99 Å². The lowest BCUT2D eigenvalue weighted by atomic mass is 9.95. The summed E-state index contributed by atoms with van der Waals surface area (Å²) < 4.78 is 30.0. The van der Waals surface area contributed by atoms with Crippen molar-refractivity contribution in [3.63, 3.8) is 0 Å². The predicted octanol–water partition coefficient (Wildman–Crippen LogP) is 4.70. The lowest BCUT2D eigenvalue weighted by Gasteiger charge is -2.25. The summed E-state index contributed by atoms with van der Waals surface area (Å²) in [5, 5.41) is 11.0. The number of benzene rings is 3. The number of allylic oxidation sites excluding steroid dienone is 1. The molecule has 1 aromatic heterocycles. The third-order valence-electron chi connectivity index (χ3n) is 7.35. The molecule has 1 atom stereocenters. The molecule has 0 bridgehead atoms. The van der Waals surface area contributed by atoms with Crippen molar-refractivity contribution >= 4 is 29.1 Å². The maximum absolute atomic E-state index is 14.1. The number of nitro benzene ring substituents is 1. The molecule has 1 unspecified atom stereocenters. The number of hydrogen-bond acceptors (Lipinski definition) is 11. The van der Waals surface area contributed by atoms with E-state index in [4.69, 9.17) is 23.7 Å². The smallest absolute Gasteiger partial charge is 0.338 e. The number of aromatic nitrogens is 1. The minimum atomic E-state index is -0.818. The van der Waals surface area contributed by atoms with E-state index < -0.39 is 16.9 Å². The Bertz CT molecular complexity index is 2030. The van der Waals surface area contributed by atoms with Crippen LogP contribution in [-0.4, -0.2) is 42.9 Å². The van der Waals surface area contributed by atoms with Crippen molar-refractivity contribution in [2.75, 3.05) is 27.4 Å². The average Bonchev–Trinajstić information content (AvgIpc) is 3.37. The molecular formula is C34H33N3O9S. The number of nitro groups is 1. The number of ether oxygens (including phenoxy) is 5. The molecule has 0 N–H and O–H groups in total. The van der Waals surface area contributed by atoms with E-state index in [9.17, 15) is 19.7 Å². The molecule has 5 rings (SSSR count). The molecule has 47 heavy (non-hydrogen) atoms. The SMILES string of the molecule is CCOC(=O)C1=C(C)N=c2s/c(=C\c3ccc(OCc4ccc([N+](=O)[O-])cc4)c(OCC)c3)c(=O)n2C1c1ccc(OC)c(OC)c1. The number of rotatable bonds is 12. The standard InChI is InChI=1S/C34H33N3O9S/c1-6-44-28-16-22(10-14-26(28)46-19-21-8-12-24(13-9-21)37(40)41)17-29-32(38)36-31(23-11-15-25(42-4)27(18-23)43-5)30(33(39)45-7-2)20(3)35-34(36)47-29/h8-18,31H,6-7,19H2,1-5H3/b29-17-. The van der Waals surface area contributed by atoms with Crippen LogP contribution >= 0.6 is 11.3 Å². The van der Waals surface area contributed by atoms with Crippen LogP contribution in [0, 0.1) is 10.1 Å². The zero-order valence-electron chi connectivity index (χ0n) is 26.5. The monoisotopic (exact) mass is 659 g/mol. The number of hydrogen-bond donors (Lipinski definition) is 0. The van der Waals surface area contributed by atoms with Gasteiger partial charge in [0.15, 0.2) is 27.8 Å². The van der Waals surface area contributed by atoms with Crippen molar-refractivity contribution < 1.29 is 33.4 Å². The van der Waals surface area contributed by atoms with Crippen molar-refractivity contribution in [1.82, 2.24) is 4.57 Å². The van der Waals surface area contributed by atoms with Gasteiger partial charge in [-0.2, -0.15) is 0 Å². The number of esters is 1. The van der Waals surface area contributed by atoms with Gasteiger partial charge in [-0.3, -0.25) is 19.5 Å². The van der Waals surface area contributed by atoms with Gasteiger partial charge in [-0.1, -0.05) is 23.5 Å². The predicted molar refractivity (Wildman–Crippen MR) is 175 cm³/mol. The summed E-state index contributed by atoms with van der Waals surface area (Å²) in [6, 6.07) is 15.9. The number of carbonyl (C=O) groups excluding carboxylic acids is 1. The number of non-ortho nitro benzene ring substituents is 1. The van der Waals surface area contributed by atoms with Crippen LogP contribution in [-0.2, 0) is 16.1 Å². The van der Waals surface area contributed by atoms with E-state index in [1.54, 1.807) is 68.5 Å². The van der Waals surface area contributed by atoms with Gasteiger partial charge in [0.25, 0.3) is 11.2 Å². The molecule has 0 radical (unpaired) electrons. The largest absolute Gasteiger partial charge is 0.493 e. The average molecular weight is 660 g/mol. The van der Waals surface area contributed by atoms with Gasteiger partial charge in [0.2, 0.25) is 0 Å². The lowest BCUT2D eigenvalue weighted by molar-refractivity contribution is -0.384. The van der Waals surface area contributed by atoms with Crippen LogP contribution in [0.4, 0.5) is 5.69 Å². The molecule has 12 nitrogen and oxygen atoms in total. The first-order valence-electron chi connectivity index (χ1n) is 14.7. The maximum Gasteiger partial charge on any atom is 0.338 e. The topological polar surface area (TPSA) is 141 Å². The highest BCUT2D eigenvalue weighted by atomic mass is 32.1. The molecule has 0 amide bonds. The number of fused-ring (bicyclic) bond motifs is 1. The molecule has 0 aliphatic carbocycles. The summed E-state index contributed by atoms with van der Waals surface area (Å²) >= 11 is 1.20. The van der Waals surface area contributed by atoms with E-state index in [-0.39, 0.29) is 30.0 Å². The van der Waals surface area contributed by atoms with E-state index in [1.165, 1.54) is 42.3 Å². The van der Waals surface area contributed by atoms with Gasteiger partial charge < -0.3 is 23.7 Å². The van der Waals surface area contributed by atoms with E-state index in [1.807, 2.05) is 6.92 Å². The Labute approximate surface area is 273 Å². The number of carbonyl (C=O) groups is 1. The van der Waals surface area contributed by atoms with Crippen LogP contribution in [0.1, 0.15) is 43.5 Å². The molecule has 3 aromatic carbocycles. The summed E-state index contributed by atoms with van der Waals surface area (Å²) in [5.41, 5.74) is 2.44. The van der Waals surface area contributed by atoms with Gasteiger partial charge in [0.1, 0.15) is 6.61 Å². The molecule has 0 saturated heterocycles. The highest BCUT2D eigenvalue weighted by Crippen LogP contribution is 2.36. The molecule has 1 aliphatic heterocycles. The normalized spacial score (nSPS) is 14.2. The highest BCUT2D eigenvalue weighted by Gasteiger charge is 2.34. The number of nitrogens with zero attached hydrogens (tertiary/aromatic N) is 3. The Balaban J connectivity index is 1.54. The third kappa shape index (κ3) is 6.89. The zero-order valence-corrected chi connectivity index (χ0v) is 27.3. The fourth-order valence-electron chi connectivity index (χ4n) is 5.16. The van der Waals surface area contributed by atoms with Gasteiger partial charge in [-0.15, -0.1) is 0 Å². The summed E-state index contributed by atoms with van der Waals surface area (Å²) in [7, 11) is 3.05. The van der Waals surface area contributed by atoms with Crippen LogP contribution in [0.15, 0.2) is 81.7 Å². The van der Waals surface area contributed by atoms with Crippen molar-refractivity contribution in [3.05, 3.63) is 118 Å². The third-order valence-corrected chi connectivity index (χ3v) is 8.33. The fraction of sp³-hybridized carbons (Fsp3) is 0.265. The van der Waals surface area contributed by atoms with Crippen LogP contribution in [0.2, 0.25) is 0 Å². The van der Waals surface area contributed by atoms with Gasteiger partial charge in [0.05, 0.1) is 54.2 Å². The van der Waals surface area contributed by atoms with Crippen LogP contribution in [0.5, 0.6) is 23.0 Å². The minimum Gasteiger partial charge on any atom is -0.493 e.